The van der Waals surface area contributed by atoms with Crippen LogP contribution < -0.4 is 0 Å². The van der Waals surface area contributed by atoms with E-state index in [1.165, 1.54) is 51.4 Å². The van der Waals surface area contributed by atoms with Crippen molar-refractivity contribution in [2.24, 2.45) is 23.7 Å². The van der Waals surface area contributed by atoms with E-state index in [0.717, 1.165) is 23.7 Å². The van der Waals surface area contributed by atoms with Gasteiger partial charge in [-0.05, 0) is 49.4 Å². The van der Waals surface area contributed by atoms with Crippen LogP contribution in [0.15, 0.2) is 0 Å². The zero-order valence-corrected chi connectivity index (χ0v) is 14.0. The van der Waals surface area contributed by atoms with Crippen LogP contribution in [-0.2, 0) is 4.74 Å². The SMILES string of the molecule is CC(C)C1CCCC1.COC1CCC(C(C)C)CC1. The molecule has 2 rings (SSSR count). The lowest BCUT2D eigenvalue weighted by Crippen LogP contribution is -2.23. The molecule has 0 aromatic carbocycles. The van der Waals surface area contributed by atoms with E-state index in [-0.39, 0.29) is 0 Å². The Kier molecular flexibility index (Phi) is 8.06. The van der Waals surface area contributed by atoms with Crippen molar-refractivity contribution in [3.8, 4) is 0 Å². The Balaban J connectivity index is 0.000000200. The quantitative estimate of drug-likeness (QED) is 0.640. The molecule has 1 heteroatoms. The van der Waals surface area contributed by atoms with Crippen molar-refractivity contribution in [3.05, 3.63) is 0 Å². The van der Waals surface area contributed by atoms with Gasteiger partial charge in [0, 0.05) is 7.11 Å². The number of methoxy groups -OCH3 is 1. The first kappa shape index (κ1) is 17.0. The number of rotatable bonds is 3. The highest BCUT2D eigenvalue weighted by atomic mass is 16.5. The van der Waals surface area contributed by atoms with Gasteiger partial charge in [0.25, 0.3) is 0 Å². The van der Waals surface area contributed by atoms with Crippen LogP contribution in [-0.4, -0.2) is 13.2 Å². The van der Waals surface area contributed by atoms with E-state index < -0.39 is 0 Å². The molecule has 2 saturated carbocycles. The lowest BCUT2D eigenvalue weighted by Gasteiger charge is -2.29. The highest BCUT2D eigenvalue weighted by Crippen LogP contribution is 2.31. The summed E-state index contributed by atoms with van der Waals surface area (Å²) in [4.78, 5) is 0. The van der Waals surface area contributed by atoms with Crippen molar-refractivity contribution in [2.45, 2.75) is 85.2 Å². The lowest BCUT2D eigenvalue weighted by molar-refractivity contribution is 0.0495. The Morgan fingerprint density at radius 2 is 1.11 bits per heavy atom. The molecule has 0 heterocycles. The van der Waals surface area contributed by atoms with Gasteiger partial charge in [0.15, 0.2) is 0 Å². The van der Waals surface area contributed by atoms with Gasteiger partial charge in [0.2, 0.25) is 0 Å². The molecule has 0 atom stereocenters. The third-order valence-corrected chi connectivity index (χ3v) is 5.34. The van der Waals surface area contributed by atoms with Crippen molar-refractivity contribution in [1.29, 1.82) is 0 Å². The van der Waals surface area contributed by atoms with E-state index in [1.807, 2.05) is 7.11 Å². The van der Waals surface area contributed by atoms with E-state index in [1.54, 1.807) is 0 Å². The first-order valence-corrected chi connectivity index (χ1v) is 8.57. The first-order chi connectivity index (χ1) is 9.04. The predicted octanol–water partition coefficient (Wildman–Crippen LogP) is 5.68. The third kappa shape index (κ3) is 6.29. The summed E-state index contributed by atoms with van der Waals surface area (Å²) in [6.45, 7) is 9.35. The van der Waals surface area contributed by atoms with Crippen LogP contribution in [0, 0.1) is 23.7 Å². The van der Waals surface area contributed by atoms with Gasteiger partial charge in [0.1, 0.15) is 0 Å². The van der Waals surface area contributed by atoms with Crippen LogP contribution in [0.25, 0.3) is 0 Å². The average molecular weight is 268 g/mol. The van der Waals surface area contributed by atoms with E-state index in [9.17, 15) is 0 Å². The normalized spacial score (nSPS) is 28.6. The molecule has 0 bridgehead atoms. The molecule has 0 spiro atoms. The molecule has 114 valence electrons. The largest absolute Gasteiger partial charge is 0.381 e. The maximum atomic E-state index is 5.32. The number of hydrogen-bond donors (Lipinski definition) is 0. The van der Waals surface area contributed by atoms with Crippen LogP contribution in [0.3, 0.4) is 0 Å². The molecule has 0 radical (unpaired) electrons. The van der Waals surface area contributed by atoms with Crippen LogP contribution >= 0.6 is 0 Å². The van der Waals surface area contributed by atoms with E-state index in [2.05, 4.69) is 27.7 Å². The molecule has 0 unspecified atom stereocenters. The molecule has 2 aliphatic carbocycles. The minimum atomic E-state index is 0.560. The molecule has 19 heavy (non-hydrogen) atoms. The summed E-state index contributed by atoms with van der Waals surface area (Å²) in [6.07, 6.45) is 11.8. The summed E-state index contributed by atoms with van der Waals surface area (Å²) in [5, 5.41) is 0. The molecule has 0 saturated heterocycles. The van der Waals surface area contributed by atoms with Crippen LogP contribution in [0.4, 0.5) is 0 Å². The lowest BCUT2D eigenvalue weighted by atomic mass is 9.80. The van der Waals surface area contributed by atoms with Gasteiger partial charge in [-0.15, -0.1) is 0 Å². The minimum absolute atomic E-state index is 0.560. The standard InChI is InChI=1S/C10H20O.C8H16/c1-8(2)9-4-6-10(11-3)7-5-9;1-7(2)8-5-3-4-6-8/h8-10H,4-7H2,1-3H3;7-8H,3-6H2,1-2H3. The van der Waals surface area contributed by atoms with Crippen molar-refractivity contribution < 1.29 is 4.74 Å². The van der Waals surface area contributed by atoms with Crippen molar-refractivity contribution in [1.82, 2.24) is 0 Å². The Labute approximate surface area is 121 Å². The predicted molar refractivity (Wildman–Crippen MR) is 84.4 cm³/mol. The number of ether oxygens (including phenoxy) is 1. The zero-order valence-electron chi connectivity index (χ0n) is 14.0. The molecule has 2 fully saturated rings. The molecule has 0 aromatic heterocycles. The summed E-state index contributed by atoms with van der Waals surface area (Å²) < 4.78 is 5.32. The highest BCUT2D eigenvalue weighted by Gasteiger charge is 2.22. The third-order valence-electron chi connectivity index (χ3n) is 5.34. The van der Waals surface area contributed by atoms with E-state index >= 15 is 0 Å². The van der Waals surface area contributed by atoms with Gasteiger partial charge in [-0.2, -0.15) is 0 Å². The second-order valence-corrected chi connectivity index (χ2v) is 7.31. The Morgan fingerprint density at radius 1 is 0.684 bits per heavy atom. The Morgan fingerprint density at radius 3 is 1.42 bits per heavy atom. The summed E-state index contributed by atoms with van der Waals surface area (Å²) in [5.74, 6) is 3.83. The molecule has 1 nitrogen and oxygen atoms in total. The van der Waals surface area contributed by atoms with Crippen LogP contribution in [0.1, 0.15) is 79.1 Å². The van der Waals surface area contributed by atoms with E-state index in [0.29, 0.717) is 6.10 Å². The van der Waals surface area contributed by atoms with Crippen molar-refractivity contribution in [2.75, 3.05) is 7.11 Å². The van der Waals surface area contributed by atoms with Gasteiger partial charge in [-0.3, -0.25) is 0 Å². The molecular weight excluding hydrogens is 232 g/mol. The molecule has 0 aromatic rings. The first-order valence-electron chi connectivity index (χ1n) is 8.57. The second-order valence-electron chi connectivity index (χ2n) is 7.31. The summed E-state index contributed by atoms with van der Waals surface area (Å²) in [5.41, 5.74) is 0. The fourth-order valence-electron chi connectivity index (χ4n) is 3.62. The monoisotopic (exact) mass is 268 g/mol. The molecule has 0 N–H and O–H groups in total. The Bertz CT molecular complexity index is 208. The number of hydrogen-bond acceptors (Lipinski definition) is 1. The molecular formula is C18H36O. The van der Waals surface area contributed by atoms with Gasteiger partial charge in [-0.1, -0.05) is 53.4 Å². The van der Waals surface area contributed by atoms with Crippen LogP contribution in [0.5, 0.6) is 0 Å². The average Bonchev–Trinajstić information content (AvgIpc) is 2.93. The van der Waals surface area contributed by atoms with Gasteiger partial charge in [0.05, 0.1) is 6.10 Å². The highest BCUT2D eigenvalue weighted by molar-refractivity contribution is 4.74. The maximum Gasteiger partial charge on any atom is 0.0571 e. The van der Waals surface area contributed by atoms with Crippen LogP contribution in [0.2, 0.25) is 0 Å². The summed E-state index contributed by atoms with van der Waals surface area (Å²) in [7, 11) is 1.83. The fraction of sp³-hybridized carbons (Fsp3) is 1.00. The van der Waals surface area contributed by atoms with Gasteiger partial charge >= 0.3 is 0 Å². The molecule has 2 aliphatic rings. The Hall–Kier alpha value is -0.0400. The summed E-state index contributed by atoms with van der Waals surface area (Å²) in [6, 6.07) is 0. The zero-order chi connectivity index (χ0) is 14.3. The maximum absolute atomic E-state index is 5.32. The second kappa shape index (κ2) is 9.00. The van der Waals surface area contributed by atoms with Gasteiger partial charge < -0.3 is 4.74 Å². The van der Waals surface area contributed by atoms with E-state index in [4.69, 9.17) is 4.74 Å². The van der Waals surface area contributed by atoms with Crippen molar-refractivity contribution >= 4 is 0 Å². The van der Waals surface area contributed by atoms with Gasteiger partial charge in [-0.25, -0.2) is 0 Å². The summed E-state index contributed by atoms with van der Waals surface area (Å²) >= 11 is 0. The smallest absolute Gasteiger partial charge is 0.0571 e. The van der Waals surface area contributed by atoms with Crippen molar-refractivity contribution in [3.63, 3.8) is 0 Å². The molecule has 0 amide bonds. The molecule has 0 aliphatic heterocycles. The fourth-order valence-corrected chi connectivity index (χ4v) is 3.62. The topological polar surface area (TPSA) is 9.23 Å². The minimum Gasteiger partial charge on any atom is -0.381 e.